The van der Waals surface area contributed by atoms with E-state index >= 15 is 0 Å². The van der Waals surface area contributed by atoms with E-state index < -0.39 is 32.1 Å². The zero-order chi connectivity index (χ0) is 26.7. The van der Waals surface area contributed by atoms with Gasteiger partial charge in [-0.05, 0) is 47.2 Å². The highest BCUT2D eigenvalue weighted by molar-refractivity contribution is 7.91. The Morgan fingerprint density at radius 3 is 2.63 bits per heavy atom. The summed E-state index contributed by atoms with van der Waals surface area (Å²) in [6.07, 6.45) is 3.67. The highest BCUT2D eigenvalue weighted by atomic mass is 32.2. The fraction of sp³-hybridized carbons (Fsp3) is 0.231. The zero-order valence-corrected chi connectivity index (χ0v) is 22.7. The summed E-state index contributed by atoms with van der Waals surface area (Å²) in [5.41, 5.74) is 2.46. The van der Waals surface area contributed by atoms with Gasteiger partial charge in [-0.15, -0.1) is 11.3 Å². The topological polar surface area (TPSA) is 127 Å². The number of rotatable bonds is 8. The van der Waals surface area contributed by atoms with Crippen LogP contribution in [0.3, 0.4) is 0 Å². The highest BCUT2D eigenvalue weighted by Crippen LogP contribution is 2.35. The van der Waals surface area contributed by atoms with Crippen LogP contribution in [0.1, 0.15) is 22.5 Å². The number of imidazole rings is 1. The van der Waals surface area contributed by atoms with E-state index in [4.69, 9.17) is 0 Å². The number of hydrogen-bond acceptors (Lipinski definition) is 8. The van der Waals surface area contributed by atoms with Crippen molar-refractivity contribution < 1.29 is 16.8 Å². The van der Waals surface area contributed by atoms with Crippen molar-refractivity contribution in [2.75, 3.05) is 11.4 Å². The van der Waals surface area contributed by atoms with Crippen molar-refractivity contribution in [3.05, 3.63) is 101 Å². The zero-order valence-electron chi connectivity index (χ0n) is 20.2. The third-order valence-corrected chi connectivity index (χ3v) is 10.8. The van der Waals surface area contributed by atoms with E-state index in [1.807, 2.05) is 30.3 Å². The van der Waals surface area contributed by atoms with Crippen LogP contribution in [-0.4, -0.2) is 49.1 Å². The third-order valence-electron chi connectivity index (χ3n) is 6.57. The summed E-state index contributed by atoms with van der Waals surface area (Å²) in [7, 11) is -6.88. The number of anilines is 1. The molecule has 5 rings (SSSR count). The van der Waals surface area contributed by atoms with E-state index in [1.165, 1.54) is 4.31 Å². The number of hydrogen-bond donors (Lipinski definition) is 2. The molecule has 1 unspecified atom stereocenters. The molecule has 2 atom stereocenters. The summed E-state index contributed by atoms with van der Waals surface area (Å²) >= 11 is 1.14. The number of nitriles is 1. The Bertz CT molecular complexity index is 1600. The molecule has 4 aromatic rings. The van der Waals surface area contributed by atoms with Crippen LogP contribution in [0, 0.1) is 11.3 Å². The molecule has 9 nitrogen and oxygen atoms in total. The molecule has 2 aromatic carbocycles. The SMILES string of the molecule is N#Cc1ccc2c(c1)CN(S(=O)(=O)c1cccs1)[C@H](Cc1ccccc1)CN2C(Cc1ncc[nH]1)[SH](=O)=O. The first-order valence-electron chi connectivity index (χ1n) is 11.9. The van der Waals surface area contributed by atoms with Crippen molar-refractivity contribution in [1.82, 2.24) is 14.3 Å². The first kappa shape index (κ1) is 26.1. The van der Waals surface area contributed by atoms with E-state index in [0.29, 0.717) is 29.1 Å². The minimum atomic E-state index is -3.92. The lowest BCUT2D eigenvalue weighted by Gasteiger charge is -2.34. The number of sulfonamides is 1. The van der Waals surface area contributed by atoms with E-state index in [0.717, 1.165) is 16.9 Å². The van der Waals surface area contributed by atoms with Gasteiger partial charge in [-0.2, -0.15) is 9.57 Å². The van der Waals surface area contributed by atoms with Crippen molar-refractivity contribution >= 4 is 37.8 Å². The van der Waals surface area contributed by atoms with Crippen LogP contribution in [-0.2, 0) is 40.1 Å². The van der Waals surface area contributed by atoms with Crippen LogP contribution in [0.4, 0.5) is 5.69 Å². The predicted octanol–water partition coefficient (Wildman–Crippen LogP) is 3.15. The molecular formula is C26H25N5O4S3. The fourth-order valence-electron chi connectivity index (χ4n) is 4.80. The number of H-pyrrole nitrogens is 1. The second-order valence-corrected chi connectivity index (χ2v) is 13.2. The Hall–Kier alpha value is -3.50. The van der Waals surface area contributed by atoms with Crippen LogP contribution >= 0.6 is 11.3 Å². The maximum atomic E-state index is 14.0. The maximum absolute atomic E-state index is 14.0. The van der Waals surface area contributed by atoms with Crippen LogP contribution in [0.15, 0.2) is 82.6 Å². The molecule has 0 spiro atoms. The van der Waals surface area contributed by atoms with Crippen LogP contribution in [0.5, 0.6) is 0 Å². The Labute approximate surface area is 227 Å². The molecule has 38 heavy (non-hydrogen) atoms. The lowest BCUT2D eigenvalue weighted by molar-refractivity contribution is 0.317. The molecule has 0 aliphatic carbocycles. The molecule has 0 radical (unpaired) electrons. The smallest absolute Gasteiger partial charge is 0.253 e. The second kappa shape index (κ2) is 11.1. The molecule has 2 aromatic heterocycles. The van der Waals surface area contributed by atoms with Crippen molar-refractivity contribution in [1.29, 1.82) is 5.26 Å². The van der Waals surface area contributed by atoms with Crippen molar-refractivity contribution in [3.63, 3.8) is 0 Å². The second-order valence-electron chi connectivity index (χ2n) is 8.94. The third kappa shape index (κ3) is 5.37. The van der Waals surface area contributed by atoms with Gasteiger partial charge in [0, 0.05) is 43.6 Å². The van der Waals surface area contributed by atoms with E-state index in [1.54, 1.807) is 53.0 Å². The van der Waals surface area contributed by atoms with Crippen LogP contribution in [0.25, 0.3) is 0 Å². The van der Waals surface area contributed by atoms with E-state index in [2.05, 4.69) is 16.0 Å². The number of benzene rings is 2. The molecule has 0 saturated heterocycles. The highest BCUT2D eigenvalue weighted by Gasteiger charge is 2.39. The summed E-state index contributed by atoms with van der Waals surface area (Å²) in [5, 5.41) is 10.3. The number of nitrogens with zero attached hydrogens (tertiary/aromatic N) is 4. The minimum Gasteiger partial charge on any atom is -0.353 e. The molecule has 1 aliphatic heterocycles. The molecular weight excluding hydrogens is 543 g/mol. The van der Waals surface area contributed by atoms with Crippen molar-refractivity contribution in [3.8, 4) is 6.07 Å². The number of fused-ring (bicyclic) bond motifs is 1. The van der Waals surface area contributed by atoms with Gasteiger partial charge in [-0.25, -0.2) is 21.8 Å². The number of aromatic nitrogens is 2. The van der Waals surface area contributed by atoms with Crippen LogP contribution in [0.2, 0.25) is 0 Å². The number of nitrogens with one attached hydrogen (secondary N) is 1. The lowest BCUT2D eigenvalue weighted by atomic mass is 10.1. The molecule has 3 heterocycles. The van der Waals surface area contributed by atoms with Crippen molar-refractivity contribution in [2.24, 2.45) is 0 Å². The Morgan fingerprint density at radius 1 is 1.16 bits per heavy atom. The fourth-order valence-corrected chi connectivity index (χ4v) is 8.28. The average Bonchev–Trinajstić information content (AvgIpc) is 3.62. The molecule has 1 N–H and O–H groups in total. The molecule has 0 amide bonds. The summed E-state index contributed by atoms with van der Waals surface area (Å²) in [6.45, 7) is 0.134. The maximum Gasteiger partial charge on any atom is 0.253 e. The van der Waals surface area contributed by atoms with E-state index in [9.17, 15) is 22.1 Å². The Kier molecular flexibility index (Phi) is 7.62. The summed E-state index contributed by atoms with van der Waals surface area (Å²) in [4.78, 5) is 8.94. The molecule has 12 heteroatoms. The lowest BCUT2D eigenvalue weighted by Crippen LogP contribution is -2.49. The standard InChI is InChI=1S/C26H25N5O4S3/c27-16-20-8-9-23-21(13-20)17-31(38(34,35)26-7-4-12-36-26)22(14-19-5-2-1-3-6-19)18-30(23)25(37(32)33)15-24-28-10-11-29-24/h1-13,22,25,37H,14-15,17-18H2,(H,28,29)/t22-,25?/m1/s1. The van der Waals surface area contributed by atoms with Gasteiger partial charge >= 0.3 is 0 Å². The quantitative estimate of drug-likeness (QED) is 0.313. The number of thiol groups is 1. The van der Waals surface area contributed by atoms with Gasteiger partial charge in [0.2, 0.25) is 0 Å². The molecule has 0 fully saturated rings. The Morgan fingerprint density at radius 2 is 1.97 bits per heavy atom. The van der Waals surface area contributed by atoms with Crippen molar-refractivity contribution in [2.45, 2.75) is 35.0 Å². The van der Waals surface area contributed by atoms with Gasteiger partial charge < -0.3 is 9.88 Å². The van der Waals surface area contributed by atoms with Gasteiger partial charge in [0.1, 0.15) is 15.4 Å². The normalized spacial score (nSPS) is 17.1. The van der Waals surface area contributed by atoms with E-state index in [-0.39, 0.29) is 23.7 Å². The largest absolute Gasteiger partial charge is 0.353 e. The first-order valence-corrected chi connectivity index (χ1v) is 15.4. The minimum absolute atomic E-state index is 0.00218. The van der Waals surface area contributed by atoms with Crippen LogP contribution < -0.4 is 4.90 Å². The van der Waals surface area contributed by atoms with Gasteiger partial charge in [0.05, 0.1) is 11.6 Å². The number of aromatic amines is 1. The molecule has 1 aliphatic rings. The monoisotopic (exact) mass is 567 g/mol. The van der Waals surface area contributed by atoms with Gasteiger partial charge in [-0.1, -0.05) is 36.4 Å². The first-order chi connectivity index (χ1) is 18.4. The van der Waals surface area contributed by atoms with Gasteiger partial charge in [-0.3, -0.25) is 0 Å². The van der Waals surface area contributed by atoms with Gasteiger partial charge in [0.15, 0.2) is 10.7 Å². The molecule has 196 valence electrons. The molecule has 0 bridgehead atoms. The number of thiophene rings is 1. The summed E-state index contributed by atoms with van der Waals surface area (Å²) in [6, 6.07) is 19.3. The Balaban J connectivity index is 1.66. The summed E-state index contributed by atoms with van der Waals surface area (Å²) < 4.78 is 54.9. The molecule has 0 saturated carbocycles. The average molecular weight is 568 g/mol. The van der Waals surface area contributed by atoms with Gasteiger partial charge in [0.25, 0.3) is 10.0 Å². The summed E-state index contributed by atoms with van der Waals surface area (Å²) in [5.74, 6) is 0.510. The predicted molar refractivity (Wildman–Crippen MR) is 146 cm³/mol.